The summed E-state index contributed by atoms with van der Waals surface area (Å²) in [5.74, 6) is -0.876. The second kappa shape index (κ2) is 5.45. The van der Waals surface area contributed by atoms with Crippen LogP contribution in [-0.4, -0.2) is 40.0 Å². The van der Waals surface area contributed by atoms with Crippen LogP contribution in [0.25, 0.3) is 0 Å². The number of carboxylic acid groups (broad SMARTS) is 1. The van der Waals surface area contributed by atoms with Crippen LogP contribution in [0.15, 0.2) is 5.38 Å². The molecule has 98 valence electrons. The molecule has 0 radical (unpaired) electrons. The predicted molar refractivity (Wildman–Crippen MR) is 66.3 cm³/mol. The zero-order valence-electron chi connectivity index (χ0n) is 9.83. The molecule has 0 saturated heterocycles. The summed E-state index contributed by atoms with van der Waals surface area (Å²) >= 11 is 1.32. The van der Waals surface area contributed by atoms with Crippen LogP contribution in [0.1, 0.15) is 28.3 Å². The average Bonchev–Trinajstić information content (AvgIpc) is 3.01. The van der Waals surface area contributed by atoms with Gasteiger partial charge in [-0.3, -0.25) is 9.59 Å². The molecule has 1 fully saturated rings. The molecule has 0 bridgehead atoms. The van der Waals surface area contributed by atoms with Crippen molar-refractivity contribution in [1.29, 1.82) is 0 Å². The van der Waals surface area contributed by atoms with E-state index < -0.39 is 5.97 Å². The highest BCUT2D eigenvalue weighted by Gasteiger charge is 2.29. The second-order valence-corrected chi connectivity index (χ2v) is 5.30. The Hall–Kier alpha value is -1.47. The van der Waals surface area contributed by atoms with Gasteiger partial charge in [-0.1, -0.05) is 0 Å². The number of thiazole rings is 1. The second-order valence-electron chi connectivity index (χ2n) is 4.35. The summed E-state index contributed by atoms with van der Waals surface area (Å²) in [5, 5.41) is 11.1. The lowest BCUT2D eigenvalue weighted by atomic mass is 10.3. The Balaban J connectivity index is 2.07. The molecule has 0 aliphatic heterocycles. The minimum Gasteiger partial charge on any atom is -0.480 e. The number of carbonyl (C=O) groups excluding carboxylic acids is 1. The maximum atomic E-state index is 12.1. The molecule has 1 amide bonds. The van der Waals surface area contributed by atoms with Crippen LogP contribution in [0, 0.1) is 5.92 Å². The molecule has 2 rings (SSSR count). The number of nitrogens with zero attached hydrogens (tertiary/aromatic N) is 2. The first-order chi connectivity index (χ1) is 8.60. The molecule has 0 aromatic carbocycles. The van der Waals surface area contributed by atoms with Gasteiger partial charge in [-0.15, -0.1) is 11.3 Å². The van der Waals surface area contributed by atoms with E-state index in [1.165, 1.54) is 16.2 Å². The third-order valence-corrected chi connectivity index (χ3v) is 3.61. The van der Waals surface area contributed by atoms with E-state index in [-0.39, 0.29) is 12.5 Å². The lowest BCUT2D eigenvalue weighted by Crippen LogP contribution is -2.37. The van der Waals surface area contributed by atoms with Crippen LogP contribution in [0.5, 0.6) is 0 Å². The van der Waals surface area contributed by atoms with E-state index in [2.05, 4.69) is 4.98 Å². The number of nitrogens with two attached hydrogens (primary N) is 1. The van der Waals surface area contributed by atoms with Crippen molar-refractivity contribution in [1.82, 2.24) is 9.88 Å². The number of amides is 1. The Kier molecular flexibility index (Phi) is 3.93. The van der Waals surface area contributed by atoms with Gasteiger partial charge in [0.25, 0.3) is 5.91 Å². The first kappa shape index (κ1) is 13.0. The normalized spacial score (nSPS) is 14.5. The zero-order chi connectivity index (χ0) is 13.1. The monoisotopic (exact) mass is 269 g/mol. The molecule has 0 spiro atoms. The summed E-state index contributed by atoms with van der Waals surface area (Å²) in [6, 6.07) is 0. The van der Waals surface area contributed by atoms with Gasteiger partial charge in [0.05, 0.1) is 0 Å². The van der Waals surface area contributed by atoms with Crippen molar-refractivity contribution in [2.45, 2.75) is 19.4 Å². The molecule has 6 nitrogen and oxygen atoms in total. The van der Waals surface area contributed by atoms with Gasteiger partial charge < -0.3 is 15.7 Å². The van der Waals surface area contributed by atoms with Crippen LogP contribution >= 0.6 is 11.3 Å². The summed E-state index contributed by atoms with van der Waals surface area (Å²) in [6.45, 7) is 0.519. The first-order valence-corrected chi connectivity index (χ1v) is 6.63. The van der Waals surface area contributed by atoms with E-state index >= 15 is 0 Å². The molecule has 18 heavy (non-hydrogen) atoms. The van der Waals surface area contributed by atoms with Gasteiger partial charge in [-0.05, 0) is 18.8 Å². The maximum absolute atomic E-state index is 12.1. The van der Waals surface area contributed by atoms with Gasteiger partial charge in [0.15, 0.2) is 0 Å². The number of carbonyl (C=O) groups is 2. The minimum absolute atomic E-state index is 0.273. The Labute approximate surface area is 108 Å². The topological polar surface area (TPSA) is 96.5 Å². The van der Waals surface area contributed by atoms with Crippen molar-refractivity contribution < 1.29 is 14.7 Å². The number of rotatable bonds is 6. The number of hydrogen-bond donors (Lipinski definition) is 2. The van der Waals surface area contributed by atoms with E-state index in [9.17, 15) is 9.59 Å². The number of hydrogen-bond acceptors (Lipinski definition) is 5. The quantitative estimate of drug-likeness (QED) is 0.785. The molecular formula is C11H15N3O3S. The highest BCUT2D eigenvalue weighted by Crippen LogP contribution is 2.30. The average molecular weight is 269 g/mol. The zero-order valence-corrected chi connectivity index (χ0v) is 10.7. The smallest absolute Gasteiger partial charge is 0.323 e. The van der Waals surface area contributed by atoms with Crippen molar-refractivity contribution in [3.05, 3.63) is 16.1 Å². The van der Waals surface area contributed by atoms with Crippen molar-refractivity contribution in [2.24, 2.45) is 11.7 Å². The van der Waals surface area contributed by atoms with Gasteiger partial charge in [0.2, 0.25) is 0 Å². The molecule has 0 unspecified atom stereocenters. The minimum atomic E-state index is -1.00. The molecule has 1 saturated carbocycles. The fourth-order valence-electron chi connectivity index (χ4n) is 1.66. The van der Waals surface area contributed by atoms with Crippen LogP contribution in [0.4, 0.5) is 0 Å². The molecule has 1 aliphatic rings. The van der Waals surface area contributed by atoms with Crippen LogP contribution in [-0.2, 0) is 11.3 Å². The van der Waals surface area contributed by atoms with E-state index in [4.69, 9.17) is 10.8 Å². The Morgan fingerprint density at radius 3 is 2.78 bits per heavy atom. The van der Waals surface area contributed by atoms with Crippen molar-refractivity contribution in [2.75, 3.05) is 13.1 Å². The molecule has 7 heteroatoms. The number of aromatic nitrogens is 1. The third kappa shape index (κ3) is 3.27. The van der Waals surface area contributed by atoms with Gasteiger partial charge >= 0.3 is 5.97 Å². The van der Waals surface area contributed by atoms with Gasteiger partial charge in [0.1, 0.15) is 17.2 Å². The third-order valence-electron chi connectivity index (χ3n) is 2.73. The fourth-order valence-corrected chi connectivity index (χ4v) is 2.31. The summed E-state index contributed by atoms with van der Waals surface area (Å²) < 4.78 is 0. The van der Waals surface area contributed by atoms with Gasteiger partial charge in [0, 0.05) is 18.5 Å². The summed E-state index contributed by atoms with van der Waals surface area (Å²) in [6.07, 6.45) is 2.13. The Bertz CT molecular complexity index is 456. The molecule has 1 aliphatic carbocycles. The van der Waals surface area contributed by atoms with Crippen molar-refractivity contribution in [3.63, 3.8) is 0 Å². The molecule has 1 heterocycles. The van der Waals surface area contributed by atoms with E-state index in [0.29, 0.717) is 29.7 Å². The first-order valence-electron chi connectivity index (χ1n) is 5.75. The lowest BCUT2D eigenvalue weighted by Gasteiger charge is -2.19. The van der Waals surface area contributed by atoms with Crippen LogP contribution in [0.2, 0.25) is 0 Å². The molecular weight excluding hydrogens is 254 g/mol. The SMILES string of the molecule is NCc1nc(C(=O)N(CC(=O)O)CC2CC2)cs1. The molecule has 0 atom stereocenters. The van der Waals surface area contributed by atoms with E-state index in [1.807, 2.05) is 0 Å². The Morgan fingerprint density at radius 2 is 2.28 bits per heavy atom. The number of carboxylic acids is 1. The number of aliphatic carboxylic acids is 1. The highest BCUT2D eigenvalue weighted by atomic mass is 32.1. The molecule has 3 N–H and O–H groups in total. The van der Waals surface area contributed by atoms with Gasteiger partial charge in [-0.2, -0.15) is 0 Å². The van der Waals surface area contributed by atoms with E-state index in [1.54, 1.807) is 5.38 Å². The fraction of sp³-hybridized carbons (Fsp3) is 0.545. The molecule has 1 aromatic heterocycles. The predicted octanol–water partition coefficient (Wildman–Crippen LogP) is 0.539. The lowest BCUT2D eigenvalue weighted by molar-refractivity contribution is -0.137. The Morgan fingerprint density at radius 1 is 1.56 bits per heavy atom. The summed E-state index contributed by atoms with van der Waals surface area (Å²) in [7, 11) is 0. The van der Waals surface area contributed by atoms with Crippen molar-refractivity contribution in [3.8, 4) is 0 Å². The van der Waals surface area contributed by atoms with Crippen LogP contribution < -0.4 is 5.73 Å². The molecule has 1 aromatic rings. The summed E-state index contributed by atoms with van der Waals surface area (Å²) in [5.41, 5.74) is 5.73. The maximum Gasteiger partial charge on any atom is 0.323 e. The van der Waals surface area contributed by atoms with Crippen molar-refractivity contribution >= 4 is 23.2 Å². The largest absolute Gasteiger partial charge is 0.480 e. The standard InChI is InChI=1S/C11H15N3O3S/c12-3-9-13-8(6-18-9)11(17)14(5-10(15)16)4-7-1-2-7/h6-7H,1-5,12H2,(H,15,16). The van der Waals surface area contributed by atoms with Gasteiger partial charge in [-0.25, -0.2) is 4.98 Å². The highest BCUT2D eigenvalue weighted by molar-refractivity contribution is 7.09. The summed E-state index contributed by atoms with van der Waals surface area (Å²) in [4.78, 5) is 28.4. The van der Waals surface area contributed by atoms with E-state index in [0.717, 1.165) is 12.8 Å². The van der Waals surface area contributed by atoms with Crippen LogP contribution in [0.3, 0.4) is 0 Å².